The Balaban J connectivity index is 1.58. The van der Waals surface area contributed by atoms with Crippen LogP contribution in [0.2, 0.25) is 0 Å². The van der Waals surface area contributed by atoms with Crippen LogP contribution in [0.1, 0.15) is 18.4 Å². The minimum atomic E-state index is -0.143. The van der Waals surface area contributed by atoms with Gasteiger partial charge < -0.3 is 10.6 Å². The largest absolute Gasteiger partial charge is 0.339 e. The fourth-order valence-corrected chi connectivity index (χ4v) is 4.05. The lowest BCUT2D eigenvalue weighted by atomic mass is 9.95. The zero-order valence-electron chi connectivity index (χ0n) is 15.4. The lowest BCUT2D eigenvalue weighted by Gasteiger charge is -2.17. The summed E-state index contributed by atoms with van der Waals surface area (Å²) in [5, 5.41) is 0. The van der Waals surface area contributed by atoms with Gasteiger partial charge in [-0.05, 0) is 24.6 Å². The summed E-state index contributed by atoms with van der Waals surface area (Å²) in [5.74, 6) is 0.0637. The third-order valence-corrected chi connectivity index (χ3v) is 5.48. The molecule has 3 aromatic rings. The SMILES string of the molecule is CCn1c(=O)n(CC(=O)N2C[C@@H](N)[C@H](c3ccccc3)C2)c2ccccc21. The molecule has 1 amide bonds. The molecule has 6 heteroatoms. The number of imidazole rings is 1. The van der Waals surface area contributed by atoms with Crippen molar-refractivity contribution in [2.24, 2.45) is 5.73 Å². The summed E-state index contributed by atoms with van der Waals surface area (Å²) in [4.78, 5) is 27.5. The van der Waals surface area contributed by atoms with E-state index in [1.54, 1.807) is 14.0 Å². The molecule has 1 saturated heterocycles. The van der Waals surface area contributed by atoms with Crippen molar-refractivity contribution in [3.8, 4) is 0 Å². The van der Waals surface area contributed by atoms with Crippen LogP contribution in [0.4, 0.5) is 0 Å². The molecule has 2 N–H and O–H groups in total. The van der Waals surface area contributed by atoms with Gasteiger partial charge >= 0.3 is 5.69 Å². The minimum absolute atomic E-state index is 0.0422. The Hall–Kier alpha value is -2.86. The molecule has 1 aliphatic heterocycles. The van der Waals surface area contributed by atoms with Crippen molar-refractivity contribution >= 4 is 16.9 Å². The average Bonchev–Trinajstić information content (AvgIpc) is 3.21. The second kappa shape index (κ2) is 7.04. The standard InChI is InChI=1S/C21H24N4O2/c1-2-24-18-10-6-7-11-19(18)25(21(24)27)14-20(26)23-12-16(17(22)13-23)15-8-4-3-5-9-15/h3-11,16-17H,2,12-14,22H2,1H3/t16-,17+/m0/s1. The summed E-state index contributed by atoms with van der Waals surface area (Å²) in [6.45, 7) is 3.65. The summed E-state index contributed by atoms with van der Waals surface area (Å²) >= 11 is 0. The van der Waals surface area contributed by atoms with Crippen LogP contribution in [0.5, 0.6) is 0 Å². The molecule has 140 valence electrons. The Morgan fingerprint density at radius 3 is 2.30 bits per heavy atom. The zero-order chi connectivity index (χ0) is 19.0. The van der Waals surface area contributed by atoms with Crippen LogP contribution in [-0.2, 0) is 17.9 Å². The molecule has 0 bridgehead atoms. The molecule has 0 spiro atoms. The Bertz CT molecular complexity index is 1020. The zero-order valence-corrected chi connectivity index (χ0v) is 15.4. The van der Waals surface area contributed by atoms with Gasteiger partial charge in [0.1, 0.15) is 6.54 Å². The highest BCUT2D eigenvalue weighted by molar-refractivity contribution is 5.81. The highest BCUT2D eigenvalue weighted by Crippen LogP contribution is 2.26. The number of likely N-dealkylation sites (tertiary alicyclic amines) is 1. The van der Waals surface area contributed by atoms with Gasteiger partial charge in [0.15, 0.2) is 0 Å². The second-order valence-electron chi connectivity index (χ2n) is 7.08. The van der Waals surface area contributed by atoms with E-state index < -0.39 is 0 Å². The molecule has 1 aliphatic rings. The van der Waals surface area contributed by atoms with E-state index in [4.69, 9.17) is 5.73 Å². The van der Waals surface area contributed by atoms with Crippen LogP contribution >= 0.6 is 0 Å². The van der Waals surface area contributed by atoms with E-state index in [0.29, 0.717) is 19.6 Å². The number of nitrogens with zero attached hydrogens (tertiary/aromatic N) is 3. The number of aromatic nitrogens is 2. The van der Waals surface area contributed by atoms with Crippen molar-refractivity contribution in [1.29, 1.82) is 0 Å². The monoisotopic (exact) mass is 364 g/mol. The number of rotatable bonds is 4. The van der Waals surface area contributed by atoms with Gasteiger partial charge in [-0.15, -0.1) is 0 Å². The van der Waals surface area contributed by atoms with E-state index in [9.17, 15) is 9.59 Å². The summed E-state index contributed by atoms with van der Waals surface area (Å²) in [6, 6.07) is 17.6. The Labute approximate surface area is 157 Å². The number of nitrogens with two attached hydrogens (primary N) is 1. The molecule has 0 aliphatic carbocycles. The Morgan fingerprint density at radius 1 is 1.00 bits per heavy atom. The quantitative estimate of drug-likeness (QED) is 0.767. The van der Waals surface area contributed by atoms with Gasteiger partial charge in [-0.2, -0.15) is 0 Å². The van der Waals surface area contributed by atoms with E-state index in [1.807, 2.05) is 49.4 Å². The van der Waals surface area contributed by atoms with E-state index in [2.05, 4.69) is 12.1 Å². The van der Waals surface area contributed by atoms with Crippen LogP contribution in [0, 0.1) is 0 Å². The Morgan fingerprint density at radius 2 is 1.63 bits per heavy atom. The van der Waals surface area contributed by atoms with Gasteiger partial charge in [0.25, 0.3) is 0 Å². The molecular weight excluding hydrogens is 340 g/mol. The first kappa shape index (κ1) is 17.5. The van der Waals surface area contributed by atoms with Gasteiger partial charge in [-0.1, -0.05) is 42.5 Å². The minimum Gasteiger partial charge on any atom is -0.339 e. The van der Waals surface area contributed by atoms with Crippen molar-refractivity contribution in [3.63, 3.8) is 0 Å². The number of hydrogen-bond donors (Lipinski definition) is 1. The van der Waals surface area contributed by atoms with Crippen molar-refractivity contribution in [2.75, 3.05) is 13.1 Å². The van der Waals surface area contributed by atoms with Crippen molar-refractivity contribution in [2.45, 2.75) is 32.0 Å². The molecule has 2 heterocycles. The predicted octanol–water partition coefficient (Wildman–Crippen LogP) is 1.78. The summed E-state index contributed by atoms with van der Waals surface area (Å²) in [7, 11) is 0. The molecule has 0 radical (unpaired) electrons. The van der Waals surface area contributed by atoms with Gasteiger partial charge in [-0.25, -0.2) is 4.79 Å². The van der Waals surface area contributed by atoms with Crippen molar-refractivity contribution < 1.29 is 4.79 Å². The fourth-order valence-electron chi connectivity index (χ4n) is 4.05. The number of amides is 1. The lowest BCUT2D eigenvalue weighted by molar-refractivity contribution is -0.130. The van der Waals surface area contributed by atoms with Crippen molar-refractivity contribution in [3.05, 3.63) is 70.6 Å². The van der Waals surface area contributed by atoms with Crippen LogP contribution < -0.4 is 11.4 Å². The smallest absolute Gasteiger partial charge is 0.329 e. The molecule has 0 unspecified atom stereocenters. The number of carbonyl (C=O) groups is 1. The fraction of sp³-hybridized carbons (Fsp3) is 0.333. The molecule has 1 aromatic heterocycles. The molecule has 2 atom stereocenters. The molecular formula is C21H24N4O2. The number of fused-ring (bicyclic) bond motifs is 1. The summed E-state index contributed by atoms with van der Waals surface area (Å²) in [5.41, 5.74) is 8.97. The number of aryl methyl sites for hydroxylation is 1. The van der Waals surface area contributed by atoms with Gasteiger partial charge in [0, 0.05) is 31.6 Å². The normalized spacial score (nSPS) is 19.7. The first-order valence-electron chi connectivity index (χ1n) is 9.36. The first-order chi connectivity index (χ1) is 13.1. The van der Waals surface area contributed by atoms with Crippen LogP contribution in [0.3, 0.4) is 0 Å². The first-order valence-corrected chi connectivity index (χ1v) is 9.36. The molecule has 2 aromatic carbocycles. The number of benzene rings is 2. The molecule has 1 fully saturated rings. The van der Waals surface area contributed by atoms with Gasteiger partial charge in [-0.3, -0.25) is 13.9 Å². The Kier molecular flexibility index (Phi) is 4.58. The van der Waals surface area contributed by atoms with E-state index in [0.717, 1.165) is 16.6 Å². The van der Waals surface area contributed by atoms with Crippen LogP contribution in [0.25, 0.3) is 11.0 Å². The maximum absolute atomic E-state index is 12.9. The molecule has 27 heavy (non-hydrogen) atoms. The third-order valence-electron chi connectivity index (χ3n) is 5.48. The number of para-hydroxylation sites is 2. The third kappa shape index (κ3) is 3.06. The van der Waals surface area contributed by atoms with Crippen molar-refractivity contribution in [1.82, 2.24) is 14.0 Å². The van der Waals surface area contributed by atoms with Crippen LogP contribution in [0.15, 0.2) is 59.4 Å². The molecule has 0 saturated carbocycles. The highest BCUT2D eigenvalue weighted by atomic mass is 16.2. The lowest BCUT2D eigenvalue weighted by Crippen LogP contribution is -2.36. The number of carbonyl (C=O) groups excluding carboxylic acids is 1. The predicted molar refractivity (Wildman–Crippen MR) is 106 cm³/mol. The maximum atomic E-state index is 12.9. The topological polar surface area (TPSA) is 73.3 Å². The van der Waals surface area contributed by atoms with Crippen LogP contribution in [-0.4, -0.2) is 39.1 Å². The van der Waals surface area contributed by atoms with E-state index in [1.165, 1.54) is 0 Å². The highest BCUT2D eigenvalue weighted by Gasteiger charge is 2.34. The average molecular weight is 364 g/mol. The van der Waals surface area contributed by atoms with Gasteiger partial charge in [0.2, 0.25) is 5.91 Å². The second-order valence-corrected chi connectivity index (χ2v) is 7.08. The maximum Gasteiger partial charge on any atom is 0.329 e. The summed E-state index contributed by atoms with van der Waals surface area (Å²) in [6.07, 6.45) is 0. The summed E-state index contributed by atoms with van der Waals surface area (Å²) < 4.78 is 3.27. The molecule has 6 nitrogen and oxygen atoms in total. The number of hydrogen-bond acceptors (Lipinski definition) is 3. The van der Waals surface area contributed by atoms with Gasteiger partial charge in [0.05, 0.1) is 11.0 Å². The molecule has 4 rings (SSSR count). The van der Waals surface area contributed by atoms with E-state index >= 15 is 0 Å². The van der Waals surface area contributed by atoms with E-state index in [-0.39, 0.29) is 30.1 Å².